The molecule has 1 aliphatic heterocycles. The van der Waals surface area contributed by atoms with E-state index >= 15 is 0 Å². The van der Waals surface area contributed by atoms with Crippen molar-refractivity contribution in [3.05, 3.63) is 48.0 Å². The number of urea groups is 1. The molecule has 0 saturated carbocycles. The van der Waals surface area contributed by atoms with Crippen LogP contribution < -0.4 is 19.5 Å². The van der Waals surface area contributed by atoms with Gasteiger partial charge in [-0.05, 0) is 57.2 Å². The number of rotatable bonds is 9. The molecule has 3 atom stereocenters. The van der Waals surface area contributed by atoms with E-state index in [1.165, 1.54) is 42.3 Å². The number of likely N-dealkylation sites (N-methyl/N-ethyl adjacent to an activating group) is 1. The minimum Gasteiger partial charge on any atom is -0.497 e. The number of anilines is 1. The molecule has 2 aromatic rings. The van der Waals surface area contributed by atoms with Crippen LogP contribution in [0.25, 0.3) is 0 Å². The van der Waals surface area contributed by atoms with Crippen molar-refractivity contribution < 1.29 is 32.6 Å². The highest BCUT2D eigenvalue weighted by atomic mass is 32.2. The van der Waals surface area contributed by atoms with Crippen LogP contribution in [0.15, 0.2) is 47.4 Å². The van der Waals surface area contributed by atoms with E-state index in [1.54, 1.807) is 31.0 Å². The number of nitrogens with zero attached hydrogens (tertiary/aromatic N) is 2. The molecule has 39 heavy (non-hydrogen) atoms. The summed E-state index contributed by atoms with van der Waals surface area (Å²) in [6.45, 7) is 7.54. The maximum Gasteiger partial charge on any atom is 0.317 e. The summed E-state index contributed by atoms with van der Waals surface area (Å²) in [6, 6.07) is 9.71. The second-order valence-electron chi connectivity index (χ2n) is 10.1. The van der Waals surface area contributed by atoms with Crippen molar-refractivity contribution in [1.82, 2.24) is 15.1 Å². The molecule has 0 fully saturated rings. The topological polar surface area (TPSA) is 138 Å². The minimum absolute atomic E-state index is 0.00334. The highest BCUT2D eigenvalue weighted by Crippen LogP contribution is 2.36. The molecular formula is C27H38N4O7S. The molecule has 0 aliphatic carbocycles. The van der Waals surface area contributed by atoms with Crippen molar-refractivity contribution in [3.8, 4) is 11.5 Å². The molecule has 11 nitrogen and oxygen atoms in total. The van der Waals surface area contributed by atoms with Gasteiger partial charge in [0.05, 0.1) is 42.4 Å². The van der Waals surface area contributed by atoms with Crippen LogP contribution in [0.1, 0.15) is 38.1 Å². The number of hydrogen-bond donors (Lipinski definition) is 3. The number of carbonyl (C=O) groups excluding carboxylic acids is 2. The van der Waals surface area contributed by atoms with Crippen LogP contribution in [0.3, 0.4) is 0 Å². The van der Waals surface area contributed by atoms with Crippen LogP contribution in [-0.4, -0.2) is 87.3 Å². The molecule has 3 amide bonds. The van der Waals surface area contributed by atoms with Crippen molar-refractivity contribution in [2.24, 2.45) is 5.92 Å². The van der Waals surface area contributed by atoms with Gasteiger partial charge in [0, 0.05) is 25.6 Å². The summed E-state index contributed by atoms with van der Waals surface area (Å²) in [5.74, 6) is -0.0953. The number of para-hydroxylation sites is 1. The predicted octanol–water partition coefficient (Wildman–Crippen LogP) is 2.77. The van der Waals surface area contributed by atoms with Crippen molar-refractivity contribution in [1.29, 1.82) is 0 Å². The van der Waals surface area contributed by atoms with Gasteiger partial charge in [0.25, 0.3) is 15.9 Å². The van der Waals surface area contributed by atoms with E-state index in [0.717, 1.165) is 0 Å². The average Bonchev–Trinajstić information content (AvgIpc) is 2.89. The number of sulfonamides is 1. The normalized spacial score (nSPS) is 18.4. The smallest absolute Gasteiger partial charge is 0.317 e. The standard InChI is InChI=1S/C27H38N4O7S/c1-17(2)28-27(34)30(5)15-24-18(3)14-31(19(4)16-32)26(33)22-8-7-9-23(25(22)38-24)29-39(35,36)21-12-10-20(37-6)11-13-21/h7-13,17-19,24,29,32H,14-16H2,1-6H3,(H,28,34)/t18-,19-,24+/m0/s1. The van der Waals surface area contributed by atoms with Crippen LogP contribution in [0.5, 0.6) is 11.5 Å². The molecule has 214 valence electrons. The average molecular weight is 563 g/mol. The van der Waals surface area contributed by atoms with Crippen molar-refractivity contribution in [2.75, 3.05) is 38.6 Å². The van der Waals surface area contributed by atoms with E-state index in [0.29, 0.717) is 5.75 Å². The third kappa shape index (κ3) is 7.12. The third-order valence-electron chi connectivity index (χ3n) is 6.52. The second-order valence-corrected chi connectivity index (χ2v) is 11.8. The number of nitrogens with one attached hydrogen (secondary N) is 2. The molecule has 0 spiro atoms. The number of aliphatic hydroxyl groups excluding tert-OH is 1. The van der Waals surface area contributed by atoms with Gasteiger partial charge in [-0.25, -0.2) is 13.2 Å². The molecule has 0 saturated heterocycles. The Morgan fingerprint density at radius 3 is 2.46 bits per heavy atom. The molecular weight excluding hydrogens is 524 g/mol. The SMILES string of the molecule is COc1ccc(S(=O)(=O)Nc2cccc3c2O[C@H](CN(C)C(=O)NC(C)C)[C@@H](C)CN([C@@H](C)CO)C3=O)cc1. The first-order chi connectivity index (χ1) is 18.4. The monoisotopic (exact) mass is 562 g/mol. The summed E-state index contributed by atoms with van der Waals surface area (Å²) in [6.07, 6.45) is -0.597. The van der Waals surface area contributed by atoms with Crippen LogP contribution in [0.2, 0.25) is 0 Å². The number of amides is 3. The van der Waals surface area contributed by atoms with E-state index in [9.17, 15) is 23.1 Å². The number of carbonyl (C=O) groups is 2. The number of methoxy groups -OCH3 is 1. The number of fused-ring (bicyclic) bond motifs is 1. The second kappa shape index (κ2) is 12.6. The van der Waals surface area contributed by atoms with E-state index in [1.807, 2.05) is 20.8 Å². The summed E-state index contributed by atoms with van der Waals surface area (Å²) in [7, 11) is -0.921. The van der Waals surface area contributed by atoms with Gasteiger partial charge in [0.15, 0.2) is 5.75 Å². The lowest BCUT2D eigenvalue weighted by atomic mass is 9.99. The molecule has 3 N–H and O–H groups in total. The molecule has 0 aromatic heterocycles. The lowest BCUT2D eigenvalue weighted by molar-refractivity contribution is 0.0369. The highest BCUT2D eigenvalue weighted by molar-refractivity contribution is 7.92. The number of aliphatic hydroxyl groups is 1. The molecule has 2 aromatic carbocycles. The Balaban J connectivity index is 2.04. The summed E-state index contributed by atoms with van der Waals surface area (Å²) in [4.78, 5) is 29.3. The fourth-order valence-corrected chi connectivity index (χ4v) is 5.27. The molecule has 1 aliphatic rings. The first kappa shape index (κ1) is 30.0. The fourth-order valence-electron chi connectivity index (χ4n) is 4.21. The van der Waals surface area contributed by atoms with Crippen LogP contribution >= 0.6 is 0 Å². The first-order valence-electron chi connectivity index (χ1n) is 12.8. The van der Waals surface area contributed by atoms with Gasteiger partial charge >= 0.3 is 6.03 Å². The Morgan fingerprint density at radius 2 is 1.87 bits per heavy atom. The summed E-state index contributed by atoms with van der Waals surface area (Å²) >= 11 is 0. The molecule has 3 rings (SSSR count). The molecule has 12 heteroatoms. The Bertz CT molecular complexity index is 1270. The van der Waals surface area contributed by atoms with Crippen LogP contribution in [0, 0.1) is 5.92 Å². The lowest BCUT2D eigenvalue weighted by Gasteiger charge is -2.38. The maximum absolute atomic E-state index is 13.6. The van der Waals surface area contributed by atoms with E-state index in [4.69, 9.17) is 9.47 Å². The van der Waals surface area contributed by atoms with Crippen LogP contribution in [-0.2, 0) is 10.0 Å². The predicted molar refractivity (Wildman–Crippen MR) is 148 cm³/mol. The zero-order chi connectivity index (χ0) is 28.9. The van der Waals surface area contributed by atoms with Crippen LogP contribution in [0.4, 0.5) is 10.5 Å². The summed E-state index contributed by atoms with van der Waals surface area (Å²) < 4.78 is 40.6. The molecule has 0 radical (unpaired) electrons. The molecule has 0 bridgehead atoms. The van der Waals surface area contributed by atoms with E-state index in [2.05, 4.69) is 10.0 Å². The molecule has 0 unspecified atom stereocenters. The van der Waals surface area contributed by atoms with Gasteiger partial charge in [-0.15, -0.1) is 0 Å². The van der Waals surface area contributed by atoms with Crippen molar-refractivity contribution in [2.45, 2.75) is 50.8 Å². The summed E-state index contributed by atoms with van der Waals surface area (Å²) in [5, 5.41) is 12.7. The van der Waals surface area contributed by atoms with Crippen molar-refractivity contribution >= 4 is 27.6 Å². The van der Waals surface area contributed by atoms with Gasteiger partial charge in [-0.2, -0.15) is 0 Å². The van der Waals surface area contributed by atoms with Crippen molar-refractivity contribution in [3.63, 3.8) is 0 Å². The van der Waals surface area contributed by atoms with Gasteiger partial charge in [0.1, 0.15) is 11.9 Å². The zero-order valence-corrected chi connectivity index (χ0v) is 24.0. The zero-order valence-electron chi connectivity index (χ0n) is 23.2. The van der Waals surface area contributed by atoms with E-state index < -0.39 is 28.1 Å². The Kier molecular flexibility index (Phi) is 9.68. The highest BCUT2D eigenvalue weighted by Gasteiger charge is 2.35. The number of hydrogen-bond acceptors (Lipinski definition) is 7. The number of benzene rings is 2. The van der Waals surface area contributed by atoms with Gasteiger partial charge in [-0.1, -0.05) is 13.0 Å². The fraction of sp³-hybridized carbons (Fsp3) is 0.481. The largest absolute Gasteiger partial charge is 0.497 e. The quantitative estimate of drug-likeness (QED) is 0.427. The first-order valence-corrected chi connectivity index (χ1v) is 14.3. The third-order valence-corrected chi connectivity index (χ3v) is 7.90. The Hall–Kier alpha value is -3.51. The van der Waals surface area contributed by atoms with Gasteiger partial charge < -0.3 is 29.7 Å². The Morgan fingerprint density at radius 1 is 1.21 bits per heavy atom. The Labute approximate surface area is 230 Å². The molecule has 1 heterocycles. The van der Waals surface area contributed by atoms with Gasteiger partial charge in [-0.3, -0.25) is 9.52 Å². The number of ether oxygens (including phenoxy) is 2. The van der Waals surface area contributed by atoms with E-state index in [-0.39, 0.29) is 59.6 Å². The van der Waals surface area contributed by atoms with Gasteiger partial charge in [0.2, 0.25) is 0 Å². The maximum atomic E-state index is 13.6. The minimum atomic E-state index is -4.05. The summed E-state index contributed by atoms with van der Waals surface area (Å²) in [5.41, 5.74) is 0.234. The lowest BCUT2D eigenvalue weighted by Crippen LogP contribution is -2.51.